The summed E-state index contributed by atoms with van der Waals surface area (Å²) in [7, 11) is 0. The van der Waals surface area contributed by atoms with Gasteiger partial charge in [0.1, 0.15) is 12.4 Å². The second-order valence-electron chi connectivity index (χ2n) is 3.18. The zero-order chi connectivity index (χ0) is 15.4. The molecule has 0 aromatic heterocycles. The lowest BCUT2D eigenvalue weighted by atomic mass is 10.3. The molecule has 0 aliphatic rings. The van der Waals surface area contributed by atoms with Crippen LogP contribution in [0.1, 0.15) is 0 Å². The number of guanidine groups is 2. The molecule has 0 fully saturated rings. The fourth-order valence-electron chi connectivity index (χ4n) is 1.01. The van der Waals surface area contributed by atoms with E-state index in [0.29, 0.717) is 13.2 Å². The summed E-state index contributed by atoms with van der Waals surface area (Å²) in [5, 5.41) is 13.6. The number of benzene rings is 1. The van der Waals surface area contributed by atoms with Gasteiger partial charge in [-0.3, -0.25) is 0 Å². The molecule has 0 atom stereocenters. The molecule has 10 nitrogen and oxygen atoms in total. The van der Waals surface area contributed by atoms with Gasteiger partial charge in [0, 0.05) is 0 Å². The van der Waals surface area contributed by atoms with Crippen LogP contribution in [0.2, 0.25) is 0 Å². The quantitative estimate of drug-likeness (QED) is 0.186. The normalized spacial score (nSPS) is 9.90. The summed E-state index contributed by atoms with van der Waals surface area (Å²) in [6, 6.07) is 9.44. The van der Waals surface area contributed by atoms with Gasteiger partial charge < -0.3 is 27.1 Å². The second-order valence-corrected chi connectivity index (χ2v) is 3.18. The highest BCUT2D eigenvalue weighted by atomic mass is 16.9. The van der Waals surface area contributed by atoms with Gasteiger partial charge >= 0.3 is 0 Å². The zero-order valence-corrected chi connectivity index (χ0v) is 10.5. The lowest BCUT2D eigenvalue weighted by Gasteiger charge is -2.03. The Kier molecular flexibility index (Phi) is 8.43. The van der Waals surface area contributed by atoms with Crippen molar-refractivity contribution < 1.29 is 15.0 Å². The van der Waals surface area contributed by atoms with E-state index in [1.807, 2.05) is 30.3 Å². The predicted molar refractivity (Wildman–Crippen MR) is 73.0 cm³/mol. The highest BCUT2D eigenvalue weighted by Gasteiger charge is 1.91. The van der Waals surface area contributed by atoms with Gasteiger partial charge in [-0.1, -0.05) is 18.2 Å². The molecule has 1 aromatic rings. The van der Waals surface area contributed by atoms with Gasteiger partial charge in [0.15, 0.2) is 5.96 Å². The van der Waals surface area contributed by atoms with Crippen LogP contribution in [0.3, 0.4) is 0 Å². The molecule has 0 saturated carbocycles. The van der Waals surface area contributed by atoms with E-state index in [-0.39, 0.29) is 11.9 Å². The van der Waals surface area contributed by atoms with E-state index in [2.05, 4.69) is 9.98 Å². The van der Waals surface area contributed by atoms with Crippen LogP contribution in [0, 0.1) is 10.1 Å². The van der Waals surface area contributed by atoms with E-state index in [9.17, 15) is 0 Å². The molecule has 0 bridgehead atoms. The van der Waals surface area contributed by atoms with Crippen LogP contribution >= 0.6 is 0 Å². The highest BCUT2D eigenvalue weighted by molar-refractivity contribution is 5.92. The van der Waals surface area contributed by atoms with E-state index < -0.39 is 5.09 Å². The maximum absolute atomic E-state index is 8.36. The first-order valence-corrected chi connectivity index (χ1v) is 5.32. The van der Waals surface area contributed by atoms with E-state index in [1.165, 1.54) is 0 Å². The summed E-state index contributed by atoms with van der Waals surface area (Å²) in [5.74, 6) is 0.736. The second kappa shape index (κ2) is 9.94. The van der Waals surface area contributed by atoms with Crippen LogP contribution in [0.5, 0.6) is 5.75 Å². The van der Waals surface area contributed by atoms with Crippen molar-refractivity contribution in [3.05, 3.63) is 40.4 Å². The van der Waals surface area contributed by atoms with Gasteiger partial charge in [-0.2, -0.15) is 4.99 Å². The Morgan fingerprint density at radius 3 is 2.35 bits per heavy atom. The Hall–Kier alpha value is -3.04. The maximum atomic E-state index is 8.36. The van der Waals surface area contributed by atoms with E-state index in [4.69, 9.17) is 37.3 Å². The molecule has 110 valence electrons. The van der Waals surface area contributed by atoms with Crippen LogP contribution in [-0.2, 0) is 0 Å². The van der Waals surface area contributed by atoms with Crippen molar-refractivity contribution in [2.24, 2.45) is 27.2 Å². The van der Waals surface area contributed by atoms with Crippen LogP contribution in [0.25, 0.3) is 0 Å². The molecule has 20 heavy (non-hydrogen) atoms. The Labute approximate surface area is 114 Å². The van der Waals surface area contributed by atoms with E-state index >= 15 is 0 Å². The minimum absolute atomic E-state index is 0.0525. The molecule has 7 N–H and O–H groups in total. The highest BCUT2D eigenvalue weighted by Crippen LogP contribution is 2.07. The lowest BCUT2D eigenvalue weighted by Crippen LogP contribution is -2.26. The van der Waals surface area contributed by atoms with Gasteiger partial charge in [0.05, 0.1) is 6.54 Å². The molecule has 0 heterocycles. The Morgan fingerprint density at radius 2 is 1.85 bits per heavy atom. The number of hydrogen-bond donors (Lipinski definition) is 4. The van der Waals surface area contributed by atoms with Gasteiger partial charge in [-0.25, -0.2) is 4.99 Å². The molecule has 0 aliphatic heterocycles. The summed E-state index contributed by atoms with van der Waals surface area (Å²) in [6.07, 6.45) is 0. The molecule has 0 amide bonds. The third kappa shape index (κ3) is 11.4. The summed E-state index contributed by atoms with van der Waals surface area (Å²) in [4.78, 5) is 15.8. The lowest BCUT2D eigenvalue weighted by molar-refractivity contribution is -0.742. The van der Waals surface area contributed by atoms with Crippen molar-refractivity contribution in [1.82, 2.24) is 0 Å². The van der Waals surface area contributed by atoms with Gasteiger partial charge in [-0.15, -0.1) is 10.1 Å². The molecule has 0 saturated heterocycles. The molecule has 1 aromatic carbocycles. The van der Waals surface area contributed by atoms with Crippen molar-refractivity contribution in [1.29, 1.82) is 0 Å². The molecule has 10 heteroatoms. The molecule has 0 aliphatic carbocycles. The van der Waals surface area contributed by atoms with Crippen molar-refractivity contribution in [3.63, 3.8) is 0 Å². The summed E-state index contributed by atoms with van der Waals surface area (Å²) in [5.41, 5.74) is 15.6. The summed E-state index contributed by atoms with van der Waals surface area (Å²) in [6.45, 7) is 0.822. The summed E-state index contributed by atoms with van der Waals surface area (Å²) >= 11 is 0. The van der Waals surface area contributed by atoms with E-state index in [0.717, 1.165) is 5.75 Å². The molecular weight excluding hydrogens is 268 g/mol. The topological polar surface area (TPSA) is 175 Å². The smallest absolute Gasteiger partial charge is 0.291 e. The van der Waals surface area contributed by atoms with Crippen molar-refractivity contribution in [2.75, 3.05) is 13.2 Å². The molecule has 0 radical (unpaired) electrons. The fraction of sp³-hybridized carbons (Fsp3) is 0.200. The first kappa shape index (κ1) is 17.0. The number of para-hydroxylation sites is 1. The van der Waals surface area contributed by atoms with Crippen molar-refractivity contribution >= 4 is 11.9 Å². The van der Waals surface area contributed by atoms with E-state index in [1.54, 1.807) is 0 Å². The largest absolute Gasteiger partial charge is 0.492 e. The minimum atomic E-state index is -1.50. The average molecular weight is 284 g/mol. The third-order valence-electron chi connectivity index (χ3n) is 1.62. The Morgan fingerprint density at radius 1 is 1.30 bits per heavy atom. The molecule has 0 unspecified atom stereocenters. The van der Waals surface area contributed by atoms with Crippen LogP contribution in [0.4, 0.5) is 0 Å². The van der Waals surface area contributed by atoms with Gasteiger partial charge in [-0.05, 0) is 12.1 Å². The minimum Gasteiger partial charge on any atom is -0.492 e. The average Bonchev–Trinajstić information content (AvgIpc) is 2.34. The van der Waals surface area contributed by atoms with Gasteiger partial charge in [0.2, 0.25) is 5.96 Å². The van der Waals surface area contributed by atoms with Crippen LogP contribution < -0.4 is 21.9 Å². The number of nitrogens with two attached hydrogens (primary N) is 3. The first-order valence-electron chi connectivity index (χ1n) is 5.32. The standard InChI is InChI=1S/C10H15N5O.HNO3/c11-9(12)15-10(13)14-6-7-16-8-4-2-1-3-5-8;2-1(3)4/h1-5H,6-7H2,(H6,11,12,13,14,15);(H,2,3,4). The SMILES string of the molecule is NC(N)=NC(N)=NCCOc1ccccc1.O=[N+]([O-])O. The third-order valence-corrected chi connectivity index (χ3v) is 1.62. The molecular formula is C10H16N6O4. The number of hydrogen-bond acceptors (Lipinski definition) is 4. The number of nitrogens with zero attached hydrogens (tertiary/aromatic N) is 3. The monoisotopic (exact) mass is 284 g/mol. The number of rotatable bonds is 4. The first-order chi connectivity index (χ1) is 9.41. The van der Waals surface area contributed by atoms with Crippen LogP contribution in [-0.4, -0.2) is 35.4 Å². The zero-order valence-electron chi connectivity index (χ0n) is 10.5. The number of aliphatic imine (C=N–C) groups is 2. The Balaban J connectivity index is 0.000000796. The molecule has 1 rings (SSSR count). The van der Waals surface area contributed by atoms with Gasteiger partial charge in [0.25, 0.3) is 5.09 Å². The predicted octanol–water partition coefficient (Wildman–Crippen LogP) is -0.694. The van der Waals surface area contributed by atoms with Crippen LogP contribution in [0.15, 0.2) is 40.3 Å². The van der Waals surface area contributed by atoms with Crippen molar-refractivity contribution in [2.45, 2.75) is 0 Å². The number of ether oxygens (including phenoxy) is 1. The maximum Gasteiger partial charge on any atom is 0.291 e. The fourth-order valence-corrected chi connectivity index (χ4v) is 1.01. The Bertz CT molecular complexity index is 454. The van der Waals surface area contributed by atoms with Crippen molar-refractivity contribution in [3.8, 4) is 5.75 Å². The summed E-state index contributed by atoms with van der Waals surface area (Å²) < 4.78 is 5.39. The molecule has 0 spiro atoms.